The molecule has 1 amide bonds. The van der Waals surface area contributed by atoms with Crippen molar-refractivity contribution in [1.29, 1.82) is 0 Å². The van der Waals surface area contributed by atoms with Gasteiger partial charge in [0.05, 0.1) is 0 Å². The van der Waals surface area contributed by atoms with Gasteiger partial charge < -0.3 is 20.9 Å². The number of nitrogens with one attached hydrogen (secondary N) is 1. The van der Waals surface area contributed by atoms with Crippen LogP contribution in [0, 0.1) is 5.92 Å². The minimum Gasteiger partial charge on any atom is -0.370 e. The van der Waals surface area contributed by atoms with Crippen LogP contribution in [-0.4, -0.2) is 68.0 Å². The van der Waals surface area contributed by atoms with Gasteiger partial charge in [-0.3, -0.25) is 9.79 Å². The van der Waals surface area contributed by atoms with Crippen molar-refractivity contribution in [2.45, 2.75) is 38.1 Å². The monoisotopic (exact) mass is 423 g/mol. The van der Waals surface area contributed by atoms with Gasteiger partial charge >= 0.3 is 0 Å². The molecule has 7 heteroatoms. The fraction of sp³-hybridized carbons (Fsp3) is 0.867. The molecule has 2 aliphatic heterocycles. The molecule has 0 aromatic heterocycles. The lowest BCUT2D eigenvalue weighted by Gasteiger charge is -2.35. The highest BCUT2D eigenvalue weighted by Gasteiger charge is 2.25. The van der Waals surface area contributed by atoms with Crippen LogP contribution in [0.3, 0.4) is 0 Å². The van der Waals surface area contributed by atoms with E-state index in [4.69, 9.17) is 5.73 Å². The zero-order valence-corrected chi connectivity index (χ0v) is 16.1. The number of rotatable bonds is 4. The first-order valence-electron chi connectivity index (χ1n) is 8.04. The molecule has 3 N–H and O–H groups in total. The number of primary amides is 1. The van der Waals surface area contributed by atoms with Crippen molar-refractivity contribution in [2.75, 3.05) is 40.3 Å². The maximum atomic E-state index is 11.1. The van der Waals surface area contributed by atoms with Crippen molar-refractivity contribution in [1.82, 2.24) is 15.1 Å². The summed E-state index contributed by atoms with van der Waals surface area (Å²) in [7, 11) is 4.02. The molecule has 0 aromatic carbocycles. The van der Waals surface area contributed by atoms with E-state index in [2.05, 4.69) is 27.2 Å². The van der Waals surface area contributed by atoms with E-state index in [0.717, 1.165) is 38.4 Å². The number of nitrogens with two attached hydrogens (primary N) is 1. The maximum Gasteiger partial charge on any atom is 0.217 e. The van der Waals surface area contributed by atoms with Gasteiger partial charge in [-0.1, -0.05) is 0 Å². The molecule has 2 fully saturated rings. The second-order valence-corrected chi connectivity index (χ2v) is 6.33. The Morgan fingerprint density at radius 1 is 1.32 bits per heavy atom. The number of piperidine rings is 1. The number of carbonyl (C=O) groups is 1. The fourth-order valence-electron chi connectivity index (χ4n) is 3.49. The summed E-state index contributed by atoms with van der Waals surface area (Å²) in [4.78, 5) is 20.2. The molecule has 0 radical (unpaired) electrons. The number of nitrogens with zero attached hydrogens (tertiary/aromatic N) is 3. The average molecular weight is 423 g/mol. The third kappa shape index (κ3) is 5.57. The van der Waals surface area contributed by atoms with Gasteiger partial charge in [0, 0.05) is 39.1 Å². The van der Waals surface area contributed by atoms with Crippen molar-refractivity contribution in [3.63, 3.8) is 0 Å². The number of likely N-dealkylation sites (tertiary alicyclic amines) is 2. The highest BCUT2D eigenvalue weighted by atomic mass is 127. The molecule has 2 heterocycles. The molecule has 6 nitrogen and oxygen atoms in total. The maximum absolute atomic E-state index is 11.1. The van der Waals surface area contributed by atoms with Gasteiger partial charge in [0.25, 0.3) is 0 Å². The molecule has 2 unspecified atom stereocenters. The van der Waals surface area contributed by atoms with Crippen molar-refractivity contribution in [3.8, 4) is 0 Å². The van der Waals surface area contributed by atoms with E-state index in [0.29, 0.717) is 18.4 Å². The predicted octanol–water partition coefficient (Wildman–Crippen LogP) is 0.861. The quantitative estimate of drug-likeness (QED) is 0.400. The molecule has 0 saturated carbocycles. The summed E-state index contributed by atoms with van der Waals surface area (Å²) in [5.41, 5.74) is 5.33. The molecule has 0 aromatic rings. The van der Waals surface area contributed by atoms with Gasteiger partial charge in [-0.2, -0.15) is 0 Å². The minimum absolute atomic E-state index is 0. The number of hydrogen-bond acceptors (Lipinski definition) is 3. The first kappa shape index (κ1) is 19.5. The molecule has 2 aliphatic rings. The van der Waals surface area contributed by atoms with Crippen LogP contribution in [-0.2, 0) is 4.79 Å². The van der Waals surface area contributed by atoms with Crippen LogP contribution < -0.4 is 11.1 Å². The third-order valence-electron chi connectivity index (χ3n) is 4.69. The van der Waals surface area contributed by atoms with Crippen LogP contribution in [0.1, 0.15) is 32.1 Å². The Hall–Kier alpha value is -0.570. The van der Waals surface area contributed by atoms with Crippen molar-refractivity contribution in [3.05, 3.63) is 0 Å². The number of amides is 1. The largest absolute Gasteiger partial charge is 0.370 e. The van der Waals surface area contributed by atoms with Gasteiger partial charge in [-0.25, -0.2) is 0 Å². The summed E-state index contributed by atoms with van der Waals surface area (Å²) in [6.07, 6.45) is 5.21. The zero-order valence-electron chi connectivity index (χ0n) is 13.8. The Labute approximate surface area is 150 Å². The van der Waals surface area contributed by atoms with E-state index in [-0.39, 0.29) is 29.9 Å². The van der Waals surface area contributed by atoms with E-state index in [1.54, 1.807) is 0 Å². The first-order chi connectivity index (χ1) is 10.1. The van der Waals surface area contributed by atoms with Crippen LogP contribution in [0.2, 0.25) is 0 Å². The second-order valence-electron chi connectivity index (χ2n) is 6.33. The Morgan fingerprint density at radius 3 is 2.64 bits per heavy atom. The summed E-state index contributed by atoms with van der Waals surface area (Å²) < 4.78 is 0. The molecule has 2 rings (SSSR count). The van der Waals surface area contributed by atoms with Gasteiger partial charge in [0.1, 0.15) is 0 Å². The Kier molecular flexibility index (Phi) is 8.45. The van der Waals surface area contributed by atoms with Crippen LogP contribution in [0.15, 0.2) is 4.99 Å². The van der Waals surface area contributed by atoms with Crippen molar-refractivity contribution < 1.29 is 4.79 Å². The van der Waals surface area contributed by atoms with Gasteiger partial charge in [0.2, 0.25) is 5.91 Å². The molecule has 2 saturated heterocycles. The van der Waals surface area contributed by atoms with Crippen LogP contribution >= 0.6 is 24.0 Å². The van der Waals surface area contributed by atoms with E-state index in [1.807, 2.05) is 7.05 Å². The summed E-state index contributed by atoms with van der Waals surface area (Å²) >= 11 is 0. The molecule has 0 bridgehead atoms. The topological polar surface area (TPSA) is 74.0 Å². The first-order valence-corrected chi connectivity index (χ1v) is 8.04. The highest BCUT2D eigenvalue weighted by molar-refractivity contribution is 14.0. The normalized spacial score (nSPS) is 26.6. The van der Waals surface area contributed by atoms with E-state index in [9.17, 15) is 4.79 Å². The lowest BCUT2D eigenvalue weighted by Crippen LogP contribution is -2.49. The lowest BCUT2D eigenvalue weighted by molar-refractivity contribution is -0.119. The minimum atomic E-state index is -0.197. The molecule has 22 heavy (non-hydrogen) atoms. The number of aliphatic imine (C=N–C) groups is 1. The van der Waals surface area contributed by atoms with E-state index >= 15 is 0 Å². The molecule has 128 valence electrons. The molecular weight excluding hydrogens is 393 g/mol. The molecular formula is C15H30IN5O. The van der Waals surface area contributed by atoms with Crippen LogP contribution in [0.5, 0.6) is 0 Å². The zero-order chi connectivity index (χ0) is 15.2. The SMILES string of the molecule is CN=C(NCC1CCCN1C)N1CCCC(CC(N)=O)C1.I. The number of halogens is 1. The standard InChI is InChI=1S/C15H29N5O.HI/c1-17-15(18-10-13-6-4-7-19(13)2)20-8-3-5-12(11-20)9-14(16)21;/h12-13H,3-11H2,1-2H3,(H2,16,21)(H,17,18);1H. The van der Waals surface area contributed by atoms with Crippen LogP contribution in [0.4, 0.5) is 0 Å². The van der Waals surface area contributed by atoms with Gasteiger partial charge in [-0.05, 0) is 45.2 Å². The number of hydrogen-bond donors (Lipinski definition) is 2. The number of carbonyl (C=O) groups excluding carboxylic acids is 1. The van der Waals surface area contributed by atoms with Gasteiger partial charge in [-0.15, -0.1) is 24.0 Å². The predicted molar refractivity (Wildman–Crippen MR) is 101 cm³/mol. The Morgan fingerprint density at radius 2 is 2.05 bits per heavy atom. The fourth-order valence-corrected chi connectivity index (χ4v) is 3.49. The van der Waals surface area contributed by atoms with E-state index in [1.165, 1.54) is 19.4 Å². The van der Waals surface area contributed by atoms with Gasteiger partial charge in [0.15, 0.2) is 5.96 Å². The van der Waals surface area contributed by atoms with Crippen molar-refractivity contribution in [2.24, 2.45) is 16.6 Å². The summed E-state index contributed by atoms with van der Waals surface area (Å²) in [5, 5.41) is 3.50. The molecule has 0 aliphatic carbocycles. The molecule has 2 atom stereocenters. The summed E-state index contributed by atoms with van der Waals surface area (Å²) in [5.74, 6) is 1.13. The third-order valence-corrected chi connectivity index (χ3v) is 4.69. The number of likely N-dealkylation sites (N-methyl/N-ethyl adjacent to an activating group) is 1. The summed E-state index contributed by atoms with van der Waals surface area (Å²) in [6, 6.07) is 0.605. The Bertz CT molecular complexity index is 390. The average Bonchev–Trinajstić information content (AvgIpc) is 2.85. The lowest BCUT2D eigenvalue weighted by atomic mass is 9.95. The van der Waals surface area contributed by atoms with E-state index < -0.39 is 0 Å². The number of guanidine groups is 1. The summed E-state index contributed by atoms with van der Waals surface area (Å²) in [6.45, 7) is 4.02. The van der Waals surface area contributed by atoms with Crippen molar-refractivity contribution >= 4 is 35.8 Å². The second kappa shape index (κ2) is 9.54. The van der Waals surface area contributed by atoms with Crippen LogP contribution in [0.25, 0.3) is 0 Å². The molecule has 0 spiro atoms. The Balaban J connectivity index is 0.00000242. The highest BCUT2D eigenvalue weighted by Crippen LogP contribution is 2.19. The smallest absolute Gasteiger partial charge is 0.217 e.